The van der Waals surface area contributed by atoms with Crippen LogP contribution in [0.1, 0.15) is 63.0 Å². The summed E-state index contributed by atoms with van der Waals surface area (Å²) < 4.78 is 0. The lowest BCUT2D eigenvalue weighted by Crippen LogP contribution is -2.39. The summed E-state index contributed by atoms with van der Waals surface area (Å²) in [5, 5.41) is 7.12. The van der Waals surface area contributed by atoms with E-state index in [2.05, 4.69) is 20.1 Å². The topological polar surface area (TPSA) is 61.9 Å². The molecule has 0 bridgehead atoms. The molecule has 5 heteroatoms. The Morgan fingerprint density at radius 3 is 2.55 bits per heavy atom. The fraction of sp³-hybridized carbons (Fsp3) is 0.824. The van der Waals surface area contributed by atoms with Crippen LogP contribution in [0.4, 0.5) is 0 Å². The number of aromatic amines is 1. The van der Waals surface area contributed by atoms with Gasteiger partial charge in [0.05, 0.1) is 0 Å². The molecule has 0 spiro atoms. The van der Waals surface area contributed by atoms with E-state index < -0.39 is 0 Å². The molecule has 0 atom stereocenters. The molecule has 1 saturated carbocycles. The van der Waals surface area contributed by atoms with Crippen molar-refractivity contribution in [3.05, 3.63) is 11.6 Å². The Kier molecular flexibility index (Phi) is 5.11. The zero-order chi connectivity index (χ0) is 15.4. The molecule has 1 aliphatic carbocycles. The van der Waals surface area contributed by atoms with E-state index in [9.17, 15) is 4.79 Å². The molecular formula is C17H28N4O. The van der Waals surface area contributed by atoms with Gasteiger partial charge >= 0.3 is 0 Å². The highest BCUT2D eigenvalue weighted by Gasteiger charge is 2.24. The summed E-state index contributed by atoms with van der Waals surface area (Å²) in [7, 11) is 0. The summed E-state index contributed by atoms with van der Waals surface area (Å²) in [6, 6.07) is 0. The molecule has 2 aliphatic rings. The normalized spacial score (nSPS) is 20.7. The van der Waals surface area contributed by atoms with Crippen molar-refractivity contribution >= 4 is 5.91 Å². The molecule has 122 valence electrons. The third-order valence-corrected chi connectivity index (χ3v) is 5.32. The number of carbonyl (C=O) groups excluding carboxylic acids is 1. The molecule has 1 aromatic heterocycles. The molecule has 0 aromatic carbocycles. The number of piperidine rings is 1. The first-order valence-corrected chi connectivity index (χ1v) is 8.86. The molecule has 1 N–H and O–H groups in total. The van der Waals surface area contributed by atoms with Gasteiger partial charge in [0.2, 0.25) is 5.91 Å². The molecular weight excluding hydrogens is 276 g/mol. The van der Waals surface area contributed by atoms with E-state index in [1.165, 1.54) is 25.7 Å². The number of amides is 1. The Hall–Kier alpha value is -1.39. The lowest BCUT2D eigenvalue weighted by atomic mass is 9.92. The lowest BCUT2D eigenvalue weighted by Gasteiger charge is -2.32. The summed E-state index contributed by atoms with van der Waals surface area (Å²) >= 11 is 0. The monoisotopic (exact) mass is 304 g/mol. The molecule has 3 rings (SSSR count). The predicted molar refractivity (Wildman–Crippen MR) is 85.3 cm³/mol. The van der Waals surface area contributed by atoms with Gasteiger partial charge in [-0.2, -0.15) is 5.10 Å². The second kappa shape index (κ2) is 7.25. The van der Waals surface area contributed by atoms with Crippen LogP contribution in [-0.4, -0.2) is 39.1 Å². The number of aryl methyl sites for hydroxylation is 1. The quantitative estimate of drug-likeness (QED) is 0.910. The number of hydrogen-bond donors (Lipinski definition) is 1. The zero-order valence-electron chi connectivity index (χ0n) is 13.7. The zero-order valence-corrected chi connectivity index (χ0v) is 13.7. The van der Waals surface area contributed by atoms with Gasteiger partial charge in [-0.25, -0.2) is 4.98 Å². The fourth-order valence-corrected chi connectivity index (χ4v) is 3.91. The van der Waals surface area contributed by atoms with Crippen LogP contribution in [0.5, 0.6) is 0 Å². The van der Waals surface area contributed by atoms with E-state index in [0.717, 1.165) is 62.8 Å². The number of H-pyrrole nitrogens is 1. The first-order valence-electron chi connectivity index (χ1n) is 8.86. The predicted octanol–water partition coefficient (Wildman–Crippen LogP) is 2.86. The van der Waals surface area contributed by atoms with Crippen molar-refractivity contribution in [3.8, 4) is 0 Å². The summed E-state index contributed by atoms with van der Waals surface area (Å²) in [5.41, 5.74) is 0. The molecule has 1 amide bonds. The molecule has 2 heterocycles. The van der Waals surface area contributed by atoms with Gasteiger partial charge in [0.15, 0.2) is 5.82 Å². The minimum absolute atomic E-state index is 0.374. The van der Waals surface area contributed by atoms with Crippen molar-refractivity contribution in [3.63, 3.8) is 0 Å². The number of carbonyl (C=O) groups is 1. The summed E-state index contributed by atoms with van der Waals surface area (Å²) in [4.78, 5) is 18.8. The van der Waals surface area contributed by atoms with Crippen LogP contribution in [0, 0.1) is 18.8 Å². The molecule has 1 aromatic rings. The summed E-state index contributed by atoms with van der Waals surface area (Å²) in [6.45, 7) is 3.76. The minimum Gasteiger partial charge on any atom is -0.343 e. The van der Waals surface area contributed by atoms with Gasteiger partial charge in [-0.3, -0.25) is 9.89 Å². The molecule has 1 aliphatic heterocycles. The van der Waals surface area contributed by atoms with E-state index in [1.807, 2.05) is 6.92 Å². The van der Waals surface area contributed by atoms with E-state index in [1.54, 1.807) is 0 Å². The van der Waals surface area contributed by atoms with Crippen molar-refractivity contribution in [2.24, 2.45) is 11.8 Å². The SMILES string of the molecule is Cc1nc(CC2CCN(C(=O)CCC3CCCC3)CC2)n[nH]1. The van der Waals surface area contributed by atoms with Gasteiger partial charge < -0.3 is 4.90 Å². The Morgan fingerprint density at radius 2 is 1.91 bits per heavy atom. The van der Waals surface area contributed by atoms with Gasteiger partial charge in [-0.15, -0.1) is 0 Å². The van der Waals surface area contributed by atoms with Crippen LogP contribution in [0.3, 0.4) is 0 Å². The van der Waals surface area contributed by atoms with E-state index in [0.29, 0.717) is 11.8 Å². The number of nitrogens with zero attached hydrogens (tertiary/aromatic N) is 3. The number of aromatic nitrogens is 3. The first kappa shape index (κ1) is 15.5. The molecule has 0 radical (unpaired) electrons. The van der Waals surface area contributed by atoms with Gasteiger partial charge in [0.25, 0.3) is 0 Å². The average Bonchev–Trinajstić information content (AvgIpc) is 3.17. The van der Waals surface area contributed by atoms with E-state index in [-0.39, 0.29) is 0 Å². The Labute approximate surface area is 132 Å². The number of nitrogens with one attached hydrogen (secondary N) is 1. The Morgan fingerprint density at radius 1 is 1.18 bits per heavy atom. The van der Waals surface area contributed by atoms with Crippen LogP contribution < -0.4 is 0 Å². The van der Waals surface area contributed by atoms with Crippen LogP contribution in [0.25, 0.3) is 0 Å². The Balaban J connectivity index is 1.38. The second-order valence-corrected chi connectivity index (χ2v) is 7.05. The van der Waals surface area contributed by atoms with Gasteiger partial charge in [-0.05, 0) is 38.0 Å². The van der Waals surface area contributed by atoms with Crippen molar-refractivity contribution in [2.75, 3.05) is 13.1 Å². The highest BCUT2D eigenvalue weighted by Crippen LogP contribution is 2.29. The maximum atomic E-state index is 12.3. The number of rotatable bonds is 5. The molecule has 5 nitrogen and oxygen atoms in total. The van der Waals surface area contributed by atoms with Gasteiger partial charge in [0, 0.05) is 25.9 Å². The second-order valence-electron chi connectivity index (χ2n) is 7.05. The van der Waals surface area contributed by atoms with Crippen LogP contribution in [0.15, 0.2) is 0 Å². The average molecular weight is 304 g/mol. The first-order chi connectivity index (χ1) is 10.7. The van der Waals surface area contributed by atoms with E-state index in [4.69, 9.17) is 0 Å². The van der Waals surface area contributed by atoms with E-state index >= 15 is 0 Å². The largest absolute Gasteiger partial charge is 0.343 e. The molecule has 0 unspecified atom stereocenters. The molecule has 2 fully saturated rings. The van der Waals surface area contributed by atoms with Crippen LogP contribution >= 0.6 is 0 Å². The number of hydrogen-bond acceptors (Lipinski definition) is 3. The number of likely N-dealkylation sites (tertiary alicyclic amines) is 1. The maximum Gasteiger partial charge on any atom is 0.222 e. The highest BCUT2D eigenvalue weighted by atomic mass is 16.2. The third kappa shape index (κ3) is 4.08. The highest BCUT2D eigenvalue weighted by molar-refractivity contribution is 5.76. The molecule has 22 heavy (non-hydrogen) atoms. The maximum absolute atomic E-state index is 12.3. The van der Waals surface area contributed by atoms with Crippen LogP contribution in [-0.2, 0) is 11.2 Å². The van der Waals surface area contributed by atoms with Crippen LogP contribution in [0.2, 0.25) is 0 Å². The minimum atomic E-state index is 0.374. The van der Waals surface area contributed by atoms with Crippen molar-refractivity contribution in [2.45, 2.75) is 64.7 Å². The summed E-state index contributed by atoms with van der Waals surface area (Å²) in [5.74, 6) is 3.61. The fourth-order valence-electron chi connectivity index (χ4n) is 3.91. The van der Waals surface area contributed by atoms with Crippen molar-refractivity contribution in [1.82, 2.24) is 20.1 Å². The Bertz CT molecular complexity index is 485. The van der Waals surface area contributed by atoms with Gasteiger partial charge in [-0.1, -0.05) is 25.7 Å². The van der Waals surface area contributed by atoms with Crippen molar-refractivity contribution in [1.29, 1.82) is 0 Å². The molecule has 1 saturated heterocycles. The lowest BCUT2D eigenvalue weighted by molar-refractivity contribution is -0.132. The third-order valence-electron chi connectivity index (χ3n) is 5.32. The standard InChI is InChI=1S/C17H28N4O/c1-13-18-16(20-19-13)12-15-8-10-21(11-9-15)17(22)7-6-14-4-2-3-5-14/h14-15H,2-12H2,1H3,(H,18,19,20). The van der Waals surface area contributed by atoms with Gasteiger partial charge in [0.1, 0.15) is 5.82 Å². The van der Waals surface area contributed by atoms with Crippen molar-refractivity contribution < 1.29 is 4.79 Å². The summed E-state index contributed by atoms with van der Waals surface area (Å²) in [6.07, 6.45) is 10.4. The smallest absolute Gasteiger partial charge is 0.222 e.